The summed E-state index contributed by atoms with van der Waals surface area (Å²) < 4.78 is 27.9. The number of nitrogens with zero attached hydrogens (tertiary/aromatic N) is 2. The van der Waals surface area contributed by atoms with Crippen LogP contribution in [0.15, 0.2) is 76.7 Å². The molecule has 6 nitrogen and oxygen atoms in total. The first-order valence-electron chi connectivity index (χ1n) is 11.7. The van der Waals surface area contributed by atoms with E-state index in [1.165, 1.54) is 36.4 Å². The van der Waals surface area contributed by atoms with Gasteiger partial charge < -0.3 is 5.32 Å². The van der Waals surface area contributed by atoms with E-state index in [1.807, 2.05) is 13.8 Å². The summed E-state index contributed by atoms with van der Waals surface area (Å²) in [7, 11) is 0. The van der Waals surface area contributed by atoms with Crippen molar-refractivity contribution in [2.24, 2.45) is 5.92 Å². The molecule has 190 valence electrons. The number of Topliss-reactive ketones (excluding diaryl/α,β-unsaturated/α-hetero) is 1. The van der Waals surface area contributed by atoms with Crippen LogP contribution >= 0.6 is 11.8 Å². The third-order valence-corrected chi connectivity index (χ3v) is 6.57. The Morgan fingerprint density at radius 1 is 0.946 bits per heavy atom. The van der Waals surface area contributed by atoms with Crippen molar-refractivity contribution in [3.63, 3.8) is 0 Å². The van der Waals surface area contributed by atoms with Gasteiger partial charge in [0.15, 0.2) is 10.9 Å². The molecule has 4 aromatic rings. The number of carbonyl (C=O) groups excluding carboxylic acids is 2. The molecule has 37 heavy (non-hydrogen) atoms. The van der Waals surface area contributed by atoms with Crippen LogP contribution in [-0.4, -0.2) is 27.0 Å². The predicted octanol–water partition coefficient (Wildman–Crippen LogP) is 5.24. The Labute approximate surface area is 216 Å². The van der Waals surface area contributed by atoms with E-state index in [0.29, 0.717) is 33.7 Å². The third-order valence-electron chi connectivity index (χ3n) is 5.60. The van der Waals surface area contributed by atoms with E-state index in [1.54, 1.807) is 34.9 Å². The van der Waals surface area contributed by atoms with E-state index in [-0.39, 0.29) is 41.3 Å². The fourth-order valence-corrected chi connectivity index (χ4v) is 4.62. The van der Waals surface area contributed by atoms with Crippen LogP contribution in [0.5, 0.6) is 0 Å². The monoisotopic (exact) mass is 521 g/mol. The zero-order chi connectivity index (χ0) is 26.5. The molecule has 0 bridgehead atoms. The number of amides is 1. The number of hydrogen-bond acceptors (Lipinski definition) is 5. The second kappa shape index (κ2) is 11.5. The Morgan fingerprint density at radius 3 is 2.22 bits per heavy atom. The van der Waals surface area contributed by atoms with Crippen LogP contribution in [0.25, 0.3) is 10.9 Å². The minimum absolute atomic E-state index is 0.0134. The fraction of sp³-hybridized carbons (Fsp3) is 0.214. The summed E-state index contributed by atoms with van der Waals surface area (Å²) in [5.74, 6) is -1.19. The van der Waals surface area contributed by atoms with Gasteiger partial charge in [-0.1, -0.05) is 37.7 Å². The lowest BCUT2D eigenvalue weighted by molar-refractivity contribution is 0.0950. The maximum Gasteiger partial charge on any atom is 0.262 e. The number of rotatable bonds is 9. The van der Waals surface area contributed by atoms with Gasteiger partial charge in [-0.2, -0.15) is 0 Å². The summed E-state index contributed by atoms with van der Waals surface area (Å²) in [5.41, 5.74) is 1.52. The molecule has 0 aliphatic rings. The van der Waals surface area contributed by atoms with Crippen molar-refractivity contribution in [2.45, 2.75) is 32.1 Å². The lowest BCUT2D eigenvalue weighted by atomic mass is 10.1. The molecule has 0 saturated heterocycles. The molecule has 1 N–H and O–H groups in total. The Morgan fingerprint density at radius 2 is 1.57 bits per heavy atom. The minimum atomic E-state index is -0.427. The second-order valence-corrected chi connectivity index (χ2v) is 9.91. The molecule has 0 spiro atoms. The van der Waals surface area contributed by atoms with E-state index >= 15 is 0 Å². The van der Waals surface area contributed by atoms with Crippen molar-refractivity contribution in [1.29, 1.82) is 0 Å². The molecule has 4 rings (SSSR count). The van der Waals surface area contributed by atoms with Crippen LogP contribution in [0.1, 0.15) is 40.1 Å². The first kappa shape index (κ1) is 26.2. The molecular formula is C28H25F2N3O3S. The highest BCUT2D eigenvalue weighted by molar-refractivity contribution is 7.99. The number of fused-ring (bicyclic) bond motifs is 1. The molecule has 0 atom stereocenters. The van der Waals surface area contributed by atoms with E-state index in [9.17, 15) is 23.2 Å². The zero-order valence-corrected chi connectivity index (χ0v) is 21.1. The van der Waals surface area contributed by atoms with Gasteiger partial charge in [-0.3, -0.25) is 19.0 Å². The quantitative estimate of drug-likeness (QED) is 0.185. The smallest absolute Gasteiger partial charge is 0.262 e. The molecule has 0 fully saturated rings. The summed E-state index contributed by atoms with van der Waals surface area (Å²) in [5, 5.41) is 3.51. The van der Waals surface area contributed by atoms with Crippen LogP contribution in [-0.2, 0) is 13.1 Å². The fourth-order valence-electron chi connectivity index (χ4n) is 3.71. The summed E-state index contributed by atoms with van der Waals surface area (Å²) in [4.78, 5) is 43.3. The van der Waals surface area contributed by atoms with E-state index < -0.39 is 5.82 Å². The van der Waals surface area contributed by atoms with Crippen LogP contribution in [0.3, 0.4) is 0 Å². The highest BCUT2D eigenvalue weighted by Crippen LogP contribution is 2.21. The Bertz CT molecular complexity index is 1500. The van der Waals surface area contributed by atoms with Gasteiger partial charge in [0.2, 0.25) is 0 Å². The third kappa shape index (κ3) is 6.48. The summed E-state index contributed by atoms with van der Waals surface area (Å²) in [6.07, 6.45) is 0. The normalized spacial score (nSPS) is 11.2. The standard InChI is InChI=1S/C28H25F2N3O3S/c1-17(2)15-33-27(36)23-12-7-20(26(35)31-14-18-3-8-21(29)9-4-18)13-24(23)32-28(33)37-16-25(34)19-5-10-22(30)11-6-19/h3-13,17H,14-16H2,1-2H3,(H,31,35). The van der Waals surface area contributed by atoms with Gasteiger partial charge in [0.1, 0.15) is 11.6 Å². The molecule has 1 heterocycles. The van der Waals surface area contributed by atoms with Gasteiger partial charge in [-0.15, -0.1) is 0 Å². The van der Waals surface area contributed by atoms with Gasteiger partial charge >= 0.3 is 0 Å². The van der Waals surface area contributed by atoms with Crippen LogP contribution in [0, 0.1) is 17.6 Å². The van der Waals surface area contributed by atoms with Gasteiger partial charge in [0, 0.05) is 24.2 Å². The largest absolute Gasteiger partial charge is 0.348 e. The SMILES string of the molecule is CC(C)Cn1c(SCC(=O)c2ccc(F)cc2)nc2cc(C(=O)NCc3ccc(F)cc3)ccc2c1=O. The zero-order valence-electron chi connectivity index (χ0n) is 20.3. The van der Waals surface area contributed by atoms with Gasteiger partial charge in [0.25, 0.3) is 11.5 Å². The maximum atomic E-state index is 13.3. The molecule has 0 aliphatic heterocycles. The molecular weight excluding hydrogens is 496 g/mol. The highest BCUT2D eigenvalue weighted by atomic mass is 32.2. The topological polar surface area (TPSA) is 81.1 Å². The van der Waals surface area contributed by atoms with E-state index in [0.717, 1.165) is 17.3 Å². The van der Waals surface area contributed by atoms with Crippen molar-refractivity contribution >= 4 is 34.4 Å². The van der Waals surface area contributed by atoms with Gasteiger partial charge in [-0.25, -0.2) is 13.8 Å². The van der Waals surface area contributed by atoms with Crippen molar-refractivity contribution in [2.75, 3.05) is 5.75 Å². The van der Waals surface area contributed by atoms with Gasteiger partial charge in [0.05, 0.1) is 16.7 Å². The lowest BCUT2D eigenvalue weighted by Gasteiger charge is -2.15. The maximum absolute atomic E-state index is 13.3. The Kier molecular flexibility index (Phi) is 8.13. The van der Waals surface area contributed by atoms with E-state index in [4.69, 9.17) is 0 Å². The minimum Gasteiger partial charge on any atom is -0.348 e. The first-order chi connectivity index (χ1) is 17.7. The van der Waals surface area contributed by atoms with Crippen LogP contribution in [0.2, 0.25) is 0 Å². The second-order valence-electron chi connectivity index (χ2n) is 8.96. The molecule has 0 unspecified atom stereocenters. The number of thioether (sulfide) groups is 1. The van der Waals surface area contributed by atoms with Crippen molar-refractivity contribution in [1.82, 2.24) is 14.9 Å². The lowest BCUT2D eigenvalue weighted by Crippen LogP contribution is -2.26. The molecule has 0 radical (unpaired) electrons. The number of nitrogens with one attached hydrogen (secondary N) is 1. The number of ketones is 1. The van der Waals surface area contributed by atoms with Crippen LogP contribution < -0.4 is 10.9 Å². The number of halogens is 2. The molecule has 9 heteroatoms. The predicted molar refractivity (Wildman–Crippen MR) is 140 cm³/mol. The number of hydrogen-bond donors (Lipinski definition) is 1. The first-order valence-corrected chi connectivity index (χ1v) is 12.7. The Balaban J connectivity index is 1.59. The summed E-state index contributed by atoms with van der Waals surface area (Å²) in [6.45, 7) is 4.58. The van der Waals surface area contributed by atoms with Gasteiger partial charge in [-0.05, 0) is 66.1 Å². The molecule has 3 aromatic carbocycles. The number of carbonyl (C=O) groups is 2. The average Bonchev–Trinajstić information content (AvgIpc) is 2.88. The molecule has 0 saturated carbocycles. The van der Waals surface area contributed by atoms with Crippen molar-refractivity contribution in [3.05, 3.63) is 105 Å². The molecule has 0 aliphatic carbocycles. The number of benzene rings is 3. The summed E-state index contributed by atoms with van der Waals surface area (Å²) in [6, 6.07) is 15.8. The molecule has 1 amide bonds. The van der Waals surface area contributed by atoms with Crippen LogP contribution in [0.4, 0.5) is 8.78 Å². The van der Waals surface area contributed by atoms with E-state index in [2.05, 4.69) is 10.3 Å². The summed E-state index contributed by atoms with van der Waals surface area (Å²) >= 11 is 1.13. The average molecular weight is 522 g/mol. The molecule has 1 aromatic heterocycles. The number of aromatic nitrogens is 2. The highest BCUT2D eigenvalue weighted by Gasteiger charge is 2.17. The van der Waals surface area contributed by atoms with Crippen molar-refractivity contribution in [3.8, 4) is 0 Å². The Hall–Kier alpha value is -3.85. The van der Waals surface area contributed by atoms with Crippen molar-refractivity contribution < 1.29 is 18.4 Å².